The second-order valence-electron chi connectivity index (χ2n) is 6.84. The number of ketones is 1. The van der Waals surface area contributed by atoms with E-state index in [9.17, 15) is 22.4 Å². The fraction of sp³-hybridized carbons (Fsp3) is 0.143. The molecule has 0 spiro atoms. The summed E-state index contributed by atoms with van der Waals surface area (Å²) in [5.74, 6) is -1.63. The third-order valence-corrected chi connectivity index (χ3v) is 6.78. The molecule has 0 atom stereocenters. The van der Waals surface area contributed by atoms with Gasteiger partial charge in [0.15, 0.2) is 5.78 Å². The maximum atomic E-state index is 13.6. The molecule has 1 aliphatic heterocycles. The van der Waals surface area contributed by atoms with E-state index in [0.717, 1.165) is 0 Å². The zero-order valence-corrected chi connectivity index (χ0v) is 16.5. The summed E-state index contributed by atoms with van der Waals surface area (Å²) in [6, 6.07) is 13.4. The summed E-state index contributed by atoms with van der Waals surface area (Å²) in [4.78, 5) is 25.4. The first-order valence-corrected chi connectivity index (χ1v) is 10.3. The number of hydrogen-bond donors (Lipinski definition) is 0. The Bertz CT molecular complexity index is 1280. The molecule has 29 heavy (non-hydrogen) atoms. The molecule has 0 saturated heterocycles. The highest BCUT2D eigenvalue weighted by molar-refractivity contribution is 7.90. The highest BCUT2D eigenvalue weighted by atomic mass is 32.2. The monoisotopic (exact) mass is 412 g/mol. The number of carbonyl (C=O) groups is 2. The maximum Gasteiger partial charge on any atom is 0.269 e. The second kappa shape index (κ2) is 6.66. The number of Topliss-reactive ketones (excluding diaryl/α,β-unsaturated/α-hetero) is 1. The molecular weight excluding hydrogens is 395 g/mol. The van der Waals surface area contributed by atoms with Crippen LogP contribution in [0, 0.1) is 19.7 Å². The molecule has 0 saturated carbocycles. The number of aromatic nitrogens is 1. The molecule has 148 valence electrons. The number of aryl methyl sites for hydroxylation is 1. The van der Waals surface area contributed by atoms with Crippen molar-refractivity contribution in [2.24, 2.45) is 0 Å². The van der Waals surface area contributed by atoms with E-state index in [0.29, 0.717) is 21.4 Å². The van der Waals surface area contributed by atoms with E-state index in [2.05, 4.69) is 0 Å². The molecule has 1 amide bonds. The van der Waals surface area contributed by atoms with Crippen molar-refractivity contribution in [1.29, 1.82) is 0 Å². The summed E-state index contributed by atoms with van der Waals surface area (Å²) in [5, 5.41) is 0. The van der Waals surface area contributed by atoms with Crippen LogP contribution in [0.4, 0.5) is 4.39 Å². The Morgan fingerprint density at radius 3 is 2.45 bits per heavy atom. The summed E-state index contributed by atoms with van der Waals surface area (Å²) in [6.07, 6.45) is 0. The van der Waals surface area contributed by atoms with Gasteiger partial charge in [-0.3, -0.25) is 9.59 Å². The molecule has 0 unspecified atom stereocenters. The van der Waals surface area contributed by atoms with Crippen molar-refractivity contribution >= 4 is 21.7 Å². The Hall–Kier alpha value is -3.26. The Balaban J connectivity index is 1.69. The van der Waals surface area contributed by atoms with Crippen LogP contribution in [0.5, 0.6) is 0 Å². The van der Waals surface area contributed by atoms with Gasteiger partial charge in [-0.05, 0) is 50.2 Å². The molecule has 1 aromatic heterocycles. The van der Waals surface area contributed by atoms with Crippen LogP contribution >= 0.6 is 0 Å². The third-order valence-electron chi connectivity index (χ3n) is 5.00. The van der Waals surface area contributed by atoms with E-state index in [1.165, 1.54) is 30.3 Å². The SMILES string of the molecule is Cc1cc(C(=O)CN2C(=O)c3ccccc3S2(=O)=O)c(C)n1-c1cccc(F)c1. The summed E-state index contributed by atoms with van der Waals surface area (Å²) < 4.78 is 41.3. The number of carbonyl (C=O) groups excluding carboxylic acids is 2. The van der Waals surface area contributed by atoms with Gasteiger partial charge in [-0.25, -0.2) is 17.1 Å². The Morgan fingerprint density at radius 2 is 1.76 bits per heavy atom. The van der Waals surface area contributed by atoms with Crippen LogP contribution in [0.3, 0.4) is 0 Å². The van der Waals surface area contributed by atoms with Crippen molar-refractivity contribution in [2.75, 3.05) is 6.54 Å². The van der Waals surface area contributed by atoms with Crippen LogP contribution in [0.25, 0.3) is 5.69 Å². The largest absolute Gasteiger partial charge is 0.318 e. The number of amides is 1. The summed E-state index contributed by atoms with van der Waals surface area (Å²) in [7, 11) is -4.07. The fourth-order valence-electron chi connectivity index (χ4n) is 3.66. The predicted octanol–water partition coefficient (Wildman–Crippen LogP) is 3.26. The van der Waals surface area contributed by atoms with E-state index < -0.39 is 34.1 Å². The van der Waals surface area contributed by atoms with Gasteiger partial charge in [0.1, 0.15) is 17.3 Å². The van der Waals surface area contributed by atoms with Crippen LogP contribution in [0.2, 0.25) is 0 Å². The van der Waals surface area contributed by atoms with Crippen molar-refractivity contribution in [1.82, 2.24) is 8.87 Å². The number of rotatable bonds is 4. The minimum atomic E-state index is -4.07. The van der Waals surface area contributed by atoms with Gasteiger partial charge in [0.05, 0.1) is 5.56 Å². The third kappa shape index (κ3) is 2.96. The predicted molar refractivity (Wildman–Crippen MR) is 104 cm³/mol. The molecule has 0 bridgehead atoms. The van der Waals surface area contributed by atoms with Crippen molar-refractivity contribution < 1.29 is 22.4 Å². The first kappa shape index (κ1) is 19.1. The zero-order valence-electron chi connectivity index (χ0n) is 15.7. The molecule has 1 aliphatic rings. The summed E-state index contributed by atoms with van der Waals surface area (Å²) in [6.45, 7) is 2.87. The summed E-state index contributed by atoms with van der Waals surface area (Å²) in [5.41, 5.74) is 2.13. The number of halogens is 1. The Morgan fingerprint density at radius 1 is 1.03 bits per heavy atom. The average molecular weight is 412 g/mol. The first-order chi connectivity index (χ1) is 13.7. The van der Waals surface area contributed by atoms with Crippen LogP contribution in [0.1, 0.15) is 32.1 Å². The van der Waals surface area contributed by atoms with E-state index >= 15 is 0 Å². The van der Waals surface area contributed by atoms with Crippen molar-refractivity contribution in [3.05, 3.63) is 82.9 Å². The molecule has 0 fully saturated rings. The first-order valence-electron chi connectivity index (χ1n) is 8.86. The lowest BCUT2D eigenvalue weighted by Crippen LogP contribution is -2.35. The van der Waals surface area contributed by atoms with Gasteiger partial charge in [0.25, 0.3) is 15.9 Å². The maximum absolute atomic E-state index is 13.6. The van der Waals surface area contributed by atoms with Crippen molar-refractivity contribution in [3.63, 3.8) is 0 Å². The molecule has 0 N–H and O–H groups in total. The minimum Gasteiger partial charge on any atom is -0.318 e. The zero-order chi connectivity index (χ0) is 20.9. The van der Waals surface area contributed by atoms with Crippen LogP contribution < -0.4 is 0 Å². The van der Waals surface area contributed by atoms with Gasteiger partial charge in [-0.15, -0.1) is 0 Å². The van der Waals surface area contributed by atoms with Gasteiger partial charge in [0.2, 0.25) is 0 Å². The van der Waals surface area contributed by atoms with E-state index in [1.54, 1.807) is 42.7 Å². The molecule has 6 nitrogen and oxygen atoms in total. The number of fused-ring (bicyclic) bond motifs is 1. The van der Waals surface area contributed by atoms with Gasteiger partial charge < -0.3 is 4.57 Å². The number of nitrogens with zero attached hydrogens (tertiary/aromatic N) is 2. The van der Waals surface area contributed by atoms with E-state index in [4.69, 9.17) is 0 Å². The normalized spacial score (nSPS) is 14.9. The quantitative estimate of drug-likeness (QED) is 0.617. The van der Waals surface area contributed by atoms with Crippen LogP contribution in [-0.4, -0.2) is 35.5 Å². The van der Waals surface area contributed by atoms with Crippen LogP contribution in [-0.2, 0) is 10.0 Å². The Kier molecular flexibility index (Phi) is 4.38. The highest BCUT2D eigenvalue weighted by Crippen LogP contribution is 2.30. The fourth-order valence-corrected chi connectivity index (χ4v) is 5.19. The number of benzene rings is 2. The lowest BCUT2D eigenvalue weighted by atomic mass is 10.1. The minimum absolute atomic E-state index is 0.0607. The Labute approximate surface area is 167 Å². The van der Waals surface area contributed by atoms with Gasteiger partial charge in [-0.1, -0.05) is 18.2 Å². The second-order valence-corrected chi connectivity index (χ2v) is 8.67. The van der Waals surface area contributed by atoms with E-state index in [-0.39, 0.29) is 16.0 Å². The van der Waals surface area contributed by atoms with Gasteiger partial charge in [-0.2, -0.15) is 0 Å². The molecular formula is C21H17FN2O4S. The highest BCUT2D eigenvalue weighted by Gasteiger charge is 2.42. The molecule has 2 heterocycles. The van der Waals surface area contributed by atoms with Gasteiger partial charge in [0, 0.05) is 22.6 Å². The lowest BCUT2D eigenvalue weighted by Gasteiger charge is -2.14. The number of hydrogen-bond acceptors (Lipinski definition) is 4. The smallest absolute Gasteiger partial charge is 0.269 e. The standard InChI is InChI=1S/C21H17FN2O4S/c1-13-10-18(14(2)24(13)16-7-5-6-15(22)11-16)19(25)12-23-21(26)17-8-3-4-9-20(17)29(23,27)28/h3-11H,12H2,1-2H3. The summed E-state index contributed by atoms with van der Waals surface area (Å²) >= 11 is 0. The van der Waals surface area contributed by atoms with Crippen molar-refractivity contribution in [2.45, 2.75) is 18.7 Å². The molecule has 3 aromatic rings. The molecule has 8 heteroatoms. The van der Waals surface area contributed by atoms with Crippen molar-refractivity contribution in [3.8, 4) is 5.69 Å². The topological polar surface area (TPSA) is 76.5 Å². The van der Waals surface area contributed by atoms with Gasteiger partial charge >= 0.3 is 0 Å². The molecule has 0 aliphatic carbocycles. The van der Waals surface area contributed by atoms with E-state index in [1.807, 2.05) is 0 Å². The average Bonchev–Trinajstić information content (AvgIpc) is 3.08. The molecule has 4 rings (SSSR count). The van der Waals surface area contributed by atoms with Crippen LogP contribution in [0.15, 0.2) is 59.5 Å². The number of sulfonamides is 1. The molecule has 2 aromatic carbocycles. The lowest BCUT2D eigenvalue weighted by molar-refractivity contribution is 0.0820. The molecule has 0 radical (unpaired) electrons.